The Hall–Kier alpha value is -0.0400. The van der Waals surface area contributed by atoms with Gasteiger partial charge >= 0.3 is 0 Å². The summed E-state index contributed by atoms with van der Waals surface area (Å²) in [4.78, 5) is 0. The average Bonchev–Trinajstić information content (AvgIpc) is 2.31. The summed E-state index contributed by atoms with van der Waals surface area (Å²) in [6.45, 7) is 2.33. The minimum absolute atomic E-state index is 0.604. The fourth-order valence-corrected chi connectivity index (χ4v) is 3.21. The first-order chi connectivity index (χ1) is 7.38. The molecular weight excluding hydrogens is 184 g/mol. The Balaban J connectivity index is 1.72. The fraction of sp³-hybridized carbons (Fsp3) is 1.00. The fourth-order valence-electron chi connectivity index (χ4n) is 3.21. The van der Waals surface area contributed by atoms with Crippen molar-refractivity contribution in [3.63, 3.8) is 0 Å². The number of hydrogen-bond donors (Lipinski definition) is 0. The maximum atomic E-state index is 6.26. The minimum atomic E-state index is 0.604. The van der Waals surface area contributed by atoms with E-state index in [1.54, 1.807) is 0 Å². The molecule has 1 heteroatoms. The van der Waals surface area contributed by atoms with Gasteiger partial charge in [0, 0.05) is 0 Å². The van der Waals surface area contributed by atoms with E-state index in [4.69, 9.17) is 4.74 Å². The van der Waals surface area contributed by atoms with E-state index in [1.807, 2.05) is 0 Å². The zero-order valence-corrected chi connectivity index (χ0v) is 10.2. The summed E-state index contributed by atoms with van der Waals surface area (Å²) in [6.07, 6.45) is 15.0. The number of hydrogen-bond acceptors (Lipinski definition) is 1. The van der Waals surface area contributed by atoms with Crippen LogP contribution in [-0.2, 0) is 4.74 Å². The molecule has 2 atom stereocenters. The molecule has 0 heterocycles. The lowest BCUT2D eigenvalue weighted by molar-refractivity contribution is -0.0545. The third kappa shape index (κ3) is 3.48. The van der Waals surface area contributed by atoms with Crippen molar-refractivity contribution in [3.05, 3.63) is 0 Å². The maximum absolute atomic E-state index is 6.26. The van der Waals surface area contributed by atoms with Crippen molar-refractivity contribution in [2.45, 2.75) is 83.3 Å². The van der Waals surface area contributed by atoms with E-state index in [9.17, 15) is 0 Å². The second-order valence-electron chi connectivity index (χ2n) is 5.46. The Morgan fingerprint density at radius 3 is 2.33 bits per heavy atom. The van der Waals surface area contributed by atoms with E-state index in [2.05, 4.69) is 6.92 Å². The second kappa shape index (κ2) is 5.89. The molecule has 2 aliphatic rings. The van der Waals surface area contributed by atoms with Gasteiger partial charge < -0.3 is 4.74 Å². The van der Waals surface area contributed by atoms with Crippen LogP contribution in [0.1, 0.15) is 71.1 Å². The summed E-state index contributed by atoms with van der Waals surface area (Å²) in [6, 6.07) is 0. The van der Waals surface area contributed by atoms with Crippen molar-refractivity contribution in [2.24, 2.45) is 5.92 Å². The first-order valence-electron chi connectivity index (χ1n) is 7.04. The topological polar surface area (TPSA) is 9.23 Å². The molecule has 0 amide bonds. The summed E-state index contributed by atoms with van der Waals surface area (Å²) < 4.78 is 6.26. The van der Waals surface area contributed by atoms with Crippen LogP contribution in [0.25, 0.3) is 0 Å². The normalized spacial score (nSPS) is 34.2. The van der Waals surface area contributed by atoms with Crippen molar-refractivity contribution in [3.8, 4) is 0 Å². The molecule has 0 aliphatic heterocycles. The monoisotopic (exact) mass is 210 g/mol. The molecule has 2 rings (SSSR count). The highest BCUT2D eigenvalue weighted by Crippen LogP contribution is 2.31. The molecule has 0 saturated heterocycles. The van der Waals surface area contributed by atoms with E-state index in [0.717, 1.165) is 5.92 Å². The average molecular weight is 210 g/mol. The molecule has 0 aromatic rings. The molecule has 2 saturated carbocycles. The molecule has 88 valence electrons. The third-order valence-electron chi connectivity index (χ3n) is 4.25. The summed E-state index contributed by atoms with van der Waals surface area (Å²) >= 11 is 0. The Morgan fingerprint density at radius 2 is 1.60 bits per heavy atom. The lowest BCUT2D eigenvalue weighted by Gasteiger charge is -2.33. The molecule has 2 fully saturated rings. The summed E-state index contributed by atoms with van der Waals surface area (Å²) in [7, 11) is 0. The molecule has 1 nitrogen and oxygen atoms in total. The van der Waals surface area contributed by atoms with Crippen LogP contribution in [0, 0.1) is 5.92 Å². The molecule has 0 N–H and O–H groups in total. The number of ether oxygens (including phenoxy) is 1. The van der Waals surface area contributed by atoms with Gasteiger partial charge in [0.05, 0.1) is 12.2 Å². The summed E-state index contributed by atoms with van der Waals surface area (Å²) in [5.74, 6) is 0.951. The second-order valence-corrected chi connectivity index (χ2v) is 5.46. The Kier molecular flexibility index (Phi) is 4.49. The van der Waals surface area contributed by atoms with E-state index in [0.29, 0.717) is 12.2 Å². The van der Waals surface area contributed by atoms with Gasteiger partial charge in [0.2, 0.25) is 0 Å². The van der Waals surface area contributed by atoms with Crippen LogP contribution in [0.3, 0.4) is 0 Å². The lowest BCUT2D eigenvalue weighted by atomic mass is 9.85. The quantitative estimate of drug-likeness (QED) is 0.674. The van der Waals surface area contributed by atoms with Gasteiger partial charge in [-0.15, -0.1) is 0 Å². The molecule has 0 spiro atoms. The van der Waals surface area contributed by atoms with Gasteiger partial charge in [-0.2, -0.15) is 0 Å². The smallest absolute Gasteiger partial charge is 0.0581 e. The lowest BCUT2D eigenvalue weighted by Crippen LogP contribution is -2.28. The van der Waals surface area contributed by atoms with Crippen molar-refractivity contribution < 1.29 is 4.74 Å². The van der Waals surface area contributed by atoms with Crippen molar-refractivity contribution in [1.29, 1.82) is 0 Å². The summed E-state index contributed by atoms with van der Waals surface area (Å²) in [5, 5.41) is 0. The first kappa shape index (κ1) is 11.4. The largest absolute Gasteiger partial charge is 0.375 e. The predicted octanol–water partition coefficient (Wildman–Crippen LogP) is 4.30. The van der Waals surface area contributed by atoms with Gasteiger partial charge in [-0.1, -0.05) is 45.4 Å². The predicted molar refractivity (Wildman–Crippen MR) is 64.0 cm³/mol. The Morgan fingerprint density at radius 1 is 0.867 bits per heavy atom. The molecule has 2 unspecified atom stereocenters. The van der Waals surface area contributed by atoms with Gasteiger partial charge in [-0.3, -0.25) is 0 Å². The standard InChI is InChI=1S/C14H26O/c1-2-12-7-6-10-14(11-12)15-13-8-4-3-5-9-13/h12-14H,2-11H2,1H3. The van der Waals surface area contributed by atoms with Crippen molar-refractivity contribution in [1.82, 2.24) is 0 Å². The molecule has 0 bridgehead atoms. The minimum Gasteiger partial charge on any atom is -0.375 e. The molecule has 15 heavy (non-hydrogen) atoms. The van der Waals surface area contributed by atoms with E-state index < -0.39 is 0 Å². The Labute approximate surface area is 94.6 Å². The van der Waals surface area contributed by atoms with Crippen LogP contribution in [0.5, 0.6) is 0 Å². The molecule has 0 aromatic heterocycles. The van der Waals surface area contributed by atoms with Crippen molar-refractivity contribution in [2.75, 3.05) is 0 Å². The van der Waals surface area contributed by atoms with Crippen LogP contribution in [-0.4, -0.2) is 12.2 Å². The van der Waals surface area contributed by atoms with Gasteiger partial charge in [-0.05, 0) is 31.6 Å². The van der Waals surface area contributed by atoms with Gasteiger partial charge in [0.1, 0.15) is 0 Å². The summed E-state index contributed by atoms with van der Waals surface area (Å²) in [5.41, 5.74) is 0. The highest BCUT2D eigenvalue weighted by atomic mass is 16.5. The highest BCUT2D eigenvalue weighted by Gasteiger charge is 2.24. The van der Waals surface area contributed by atoms with Crippen LogP contribution in [0.4, 0.5) is 0 Å². The third-order valence-corrected chi connectivity index (χ3v) is 4.25. The highest BCUT2D eigenvalue weighted by molar-refractivity contribution is 4.75. The van der Waals surface area contributed by atoms with Gasteiger partial charge in [0.25, 0.3) is 0 Å². The number of rotatable bonds is 3. The molecule has 0 radical (unpaired) electrons. The van der Waals surface area contributed by atoms with Crippen LogP contribution in [0.15, 0.2) is 0 Å². The van der Waals surface area contributed by atoms with E-state index in [-0.39, 0.29) is 0 Å². The van der Waals surface area contributed by atoms with E-state index >= 15 is 0 Å². The SMILES string of the molecule is CCC1CCCC(OC2CCCCC2)C1. The van der Waals surface area contributed by atoms with Crippen LogP contribution in [0.2, 0.25) is 0 Å². The molecule has 2 aliphatic carbocycles. The zero-order chi connectivity index (χ0) is 10.5. The molecular formula is C14H26O. The Bertz CT molecular complexity index is 172. The van der Waals surface area contributed by atoms with Crippen LogP contribution < -0.4 is 0 Å². The maximum Gasteiger partial charge on any atom is 0.0581 e. The first-order valence-corrected chi connectivity index (χ1v) is 7.04. The zero-order valence-electron chi connectivity index (χ0n) is 10.2. The van der Waals surface area contributed by atoms with Crippen LogP contribution >= 0.6 is 0 Å². The molecule has 0 aromatic carbocycles. The van der Waals surface area contributed by atoms with Gasteiger partial charge in [0.15, 0.2) is 0 Å². The van der Waals surface area contributed by atoms with Gasteiger partial charge in [-0.25, -0.2) is 0 Å². The van der Waals surface area contributed by atoms with Crippen molar-refractivity contribution >= 4 is 0 Å². The van der Waals surface area contributed by atoms with E-state index in [1.165, 1.54) is 64.2 Å².